The molecule has 2 aromatic rings. The molecule has 34 heavy (non-hydrogen) atoms. The normalized spacial score (nSPS) is 12.3. The van der Waals surface area contributed by atoms with Crippen LogP contribution < -0.4 is 9.62 Å². The van der Waals surface area contributed by atoms with Crippen LogP contribution in [0.25, 0.3) is 0 Å². The zero-order valence-electron chi connectivity index (χ0n) is 20.4. The standard InChI is InChI=1S/C25H34ClN3O4S/c1-18(2)27-25(31)20(4)28(17-21-13-11-19(3)12-14-21)24(30)10-7-15-29(34(5,32)33)23-9-6-8-22(26)16-23/h6,8-9,11-14,16,18,20H,7,10,15,17H2,1-5H3,(H,27,31). The predicted molar refractivity (Wildman–Crippen MR) is 137 cm³/mol. The van der Waals surface area contributed by atoms with Gasteiger partial charge in [0.1, 0.15) is 6.04 Å². The number of anilines is 1. The van der Waals surface area contributed by atoms with Crippen LogP contribution in [0.2, 0.25) is 5.02 Å². The number of amides is 2. The van der Waals surface area contributed by atoms with Crippen LogP contribution in [-0.2, 0) is 26.2 Å². The second-order valence-corrected chi connectivity index (χ2v) is 11.1. The first-order valence-corrected chi connectivity index (χ1v) is 13.5. The molecule has 1 N–H and O–H groups in total. The van der Waals surface area contributed by atoms with Gasteiger partial charge in [0, 0.05) is 30.6 Å². The van der Waals surface area contributed by atoms with Gasteiger partial charge in [-0.25, -0.2) is 8.42 Å². The zero-order valence-corrected chi connectivity index (χ0v) is 22.0. The molecule has 9 heteroatoms. The Labute approximate surface area is 208 Å². The number of benzene rings is 2. The molecular weight excluding hydrogens is 474 g/mol. The van der Waals surface area contributed by atoms with Gasteiger partial charge in [-0.2, -0.15) is 0 Å². The van der Waals surface area contributed by atoms with Crippen LogP contribution in [0.3, 0.4) is 0 Å². The van der Waals surface area contributed by atoms with Crippen molar-refractivity contribution >= 4 is 39.1 Å². The monoisotopic (exact) mass is 507 g/mol. The first-order valence-electron chi connectivity index (χ1n) is 11.3. The Hall–Kier alpha value is -2.58. The maximum atomic E-state index is 13.2. The fraction of sp³-hybridized carbons (Fsp3) is 0.440. The van der Waals surface area contributed by atoms with Gasteiger partial charge >= 0.3 is 0 Å². The van der Waals surface area contributed by atoms with Crippen molar-refractivity contribution in [2.75, 3.05) is 17.1 Å². The van der Waals surface area contributed by atoms with Crippen LogP contribution in [0.1, 0.15) is 44.7 Å². The Balaban J connectivity index is 2.16. The minimum Gasteiger partial charge on any atom is -0.352 e. The van der Waals surface area contributed by atoms with E-state index in [2.05, 4.69) is 5.32 Å². The number of aryl methyl sites for hydroxylation is 1. The van der Waals surface area contributed by atoms with Crippen LogP contribution in [-0.4, -0.2) is 50.0 Å². The summed E-state index contributed by atoms with van der Waals surface area (Å²) in [6, 6.07) is 13.7. The van der Waals surface area contributed by atoms with Gasteiger partial charge in [-0.15, -0.1) is 0 Å². The van der Waals surface area contributed by atoms with Crippen molar-refractivity contribution in [1.29, 1.82) is 0 Å². The highest BCUT2D eigenvalue weighted by Gasteiger charge is 2.27. The summed E-state index contributed by atoms with van der Waals surface area (Å²) in [6.45, 7) is 7.84. The lowest BCUT2D eigenvalue weighted by molar-refractivity contribution is -0.140. The van der Waals surface area contributed by atoms with E-state index in [1.54, 1.807) is 36.1 Å². The van der Waals surface area contributed by atoms with Crippen molar-refractivity contribution in [3.63, 3.8) is 0 Å². The molecule has 1 atom stereocenters. The number of halogens is 1. The Morgan fingerprint density at radius 3 is 2.26 bits per heavy atom. The predicted octanol–water partition coefficient (Wildman–Crippen LogP) is 4.14. The smallest absolute Gasteiger partial charge is 0.242 e. The van der Waals surface area contributed by atoms with Crippen LogP contribution in [0.15, 0.2) is 48.5 Å². The van der Waals surface area contributed by atoms with Gasteiger partial charge in [0.05, 0.1) is 11.9 Å². The summed E-state index contributed by atoms with van der Waals surface area (Å²) >= 11 is 6.03. The Morgan fingerprint density at radius 2 is 1.71 bits per heavy atom. The lowest BCUT2D eigenvalue weighted by atomic mass is 10.1. The molecular formula is C25H34ClN3O4S. The maximum absolute atomic E-state index is 13.2. The number of sulfonamides is 1. The van der Waals surface area contributed by atoms with E-state index in [1.165, 1.54) is 4.31 Å². The van der Waals surface area contributed by atoms with Crippen molar-refractivity contribution in [1.82, 2.24) is 10.2 Å². The van der Waals surface area contributed by atoms with Crippen molar-refractivity contribution < 1.29 is 18.0 Å². The Bertz CT molecular complexity index is 1090. The van der Waals surface area contributed by atoms with E-state index in [0.717, 1.165) is 17.4 Å². The molecule has 0 saturated heterocycles. The first-order chi connectivity index (χ1) is 15.9. The van der Waals surface area contributed by atoms with E-state index >= 15 is 0 Å². The van der Waals surface area contributed by atoms with Crippen molar-refractivity contribution in [3.8, 4) is 0 Å². The van der Waals surface area contributed by atoms with E-state index in [9.17, 15) is 18.0 Å². The van der Waals surface area contributed by atoms with E-state index < -0.39 is 16.1 Å². The van der Waals surface area contributed by atoms with E-state index in [4.69, 9.17) is 11.6 Å². The molecule has 2 rings (SSSR count). The minimum absolute atomic E-state index is 0.0488. The van der Waals surface area contributed by atoms with Gasteiger partial charge in [0.15, 0.2) is 0 Å². The number of carbonyl (C=O) groups excluding carboxylic acids is 2. The van der Waals surface area contributed by atoms with E-state index in [-0.39, 0.29) is 37.4 Å². The van der Waals surface area contributed by atoms with Crippen molar-refractivity contribution in [3.05, 3.63) is 64.7 Å². The van der Waals surface area contributed by atoms with Crippen LogP contribution in [0, 0.1) is 6.92 Å². The van der Waals surface area contributed by atoms with Gasteiger partial charge in [0.2, 0.25) is 21.8 Å². The second-order valence-electron chi connectivity index (χ2n) is 8.77. The summed E-state index contributed by atoms with van der Waals surface area (Å²) in [6.07, 6.45) is 1.51. The molecule has 186 valence electrons. The fourth-order valence-corrected chi connectivity index (χ4v) is 4.65. The van der Waals surface area contributed by atoms with Gasteiger partial charge < -0.3 is 10.2 Å². The molecule has 0 heterocycles. The van der Waals surface area contributed by atoms with Crippen LogP contribution in [0.4, 0.5) is 5.69 Å². The average molecular weight is 508 g/mol. The third-order valence-corrected chi connectivity index (χ3v) is 6.75. The molecule has 0 aliphatic rings. The van der Waals surface area contributed by atoms with E-state index in [1.807, 2.05) is 45.0 Å². The second kappa shape index (κ2) is 12.2. The largest absolute Gasteiger partial charge is 0.352 e. The molecule has 7 nitrogen and oxygen atoms in total. The Kier molecular flexibility index (Phi) is 9.94. The lowest BCUT2D eigenvalue weighted by Gasteiger charge is -2.30. The summed E-state index contributed by atoms with van der Waals surface area (Å²) in [7, 11) is -3.56. The topological polar surface area (TPSA) is 86.8 Å². The molecule has 0 spiro atoms. The SMILES string of the molecule is Cc1ccc(CN(C(=O)CCCN(c2cccc(Cl)c2)S(C)(=O)=O)C(C)C(=O)NC(C)C)cc1. The average Bonchev–Trinajstić information content (AvgIpc) is 2.74. The molecule has 0 fully saturated rings. The number of hydrogen-bond acceptors (Lipinski definition) is 4. The van der Waals surface area contributed by atoms with Gasteiger partial charge in [-0.1, -0.05) is 47.5 Å². The zero-order chi connectivity index (χ0) is 25.5. The van der Waals surface area contributed by atoms with Crippen molar-refractivity contribution in [2.45, 2.75) is 59.2 Å². The lowest BCUT2D eigenvalue weighted by Crippen LogP contribution is -2.49. The van der Waals surface area contributed by atoms with Crippen LogP contribution >= 0.6 is 11.6 Å². The highest BCUT2D eigenvalue weighted by Crippen LogP contribution is 2.22. The molecule has 2 aromatic carbocycles. The third kappa shape index (κ3) is 8.33. The molecule has 1 unspecified atom stereocenters. The number of carbonyl (C=O) groups is 2. The molecule has 0 bridgehead atoms. The third-order valence-electron chi connectivity index (χ3n) is 5.32. The number of nitrogens with one attached hydrogen (secondary N) is 1. The molecule has 2 amide bonds. The molecule has 0 aliphatic heterocycles. The van der Waals surface area contributed by atoms with Gasteiger partial charge in [-0.05, 0) is 57.9 Å². The number of rotatable bonds is 11. The fourth-order valence-electron chi connectivity index (χ4n) is 3.51. The summed E-state index contributed by atoms with van der Waals surface area (Å²) in [4.78, 5) is 27.4. The molecule has 0 aromatic heterocycles. The van der Waals surface area contributed by atoms with Gasteiger partial charge in [0.25, 0.3) is 0 Å². The molecule has 0 radical (unpaired) electrons. The molecule has 0 saturated carbocycles. The first kappa shape index (κ1) is 27.7. The number of hydrogen-bond donors (Lipinski definition) is 1. The number of nitrogens with zero attached hydrogens (tertiary/aromatic N) is 2. The highest BCUT2D eigenvalue weighted by molar-refractivity contribution is 7.92. The van der Waals surface area contributed by atoms with Crippen LogP contribution in [0.5, 0.6) is 0 Å². The van der Waals surface area contributed by atoms with E-state index in [0.29, 0.717) is 17.1 Å². The maximum Gasteiger partial charge on any atom is 0.242 e. The Morgan fingerprint density at radius 1 is 1.06 bits per heavy atom. The van der Waals surface area contributed by atoms with Crippen molar-refractivity contribution in [2.24, 2.45) is 0 Å². The summed E-state index contributed by atoms with van der Waals surface area (Å²) in [5, 5.41) is 3.29. The van der Waals surface area contributed by atoms with Gasteiger partial charge in [-0.3, -0.25) is 13.9 Å². The quantitative estimate of drug-likeness (QED) is 0.495. The highest BCUT2D eigenvalue weighted by atomic mass is 35.5. The summed E-state index contributed by atoms with van der Waals surface area (Å²) < 4.78 is 26.0. The summed E-state index contributed by atoms with van der Waals surface area (Å²) in [5.41, 5.74) is 2.47. The minimum atomic E-state index is -3.56. The summed E-state index contributed by atoms with van der Waals surface area (Å²) in [5.74, 6) is -0.446. The molecule has 0 aliphatic carbocycles.